The number of rotatable bonds is 4. The highest BCUT2D eigenvalue weighted by Crippen LogP contribution is 2.11. The van der Waals surface area contributed by atoms with Gasteiger partial charge in [0.15, 0.2) is 6.29 Å². The minimum Gasteiger partial charge on any atom is -0.351 e. The number of amides is 1. The molecule has 0 aliphatic rings. The predicted molar refractivity (Wildman–Crippen MR) is 52.3 cm³/mol. The van der Waals surface area contributed by atoms with Crippen molar-refractivity contribution in [3.63, 3.8) is 0 Å². The number of thiophene rings is 1. The van der Waals surface area contributed by atoms with Gasteiger partial charge in [-0.15, -0.1) is 22.9 Å². The van der Waals surface area contributed by atoms with Crippen molar-refractivity contribution in [1.82, 2.24) is 5.32 Å². The van der Waals surface area contributed by atoms with E-state index in [1.54, 1.807) is 6.07 Å². The molecule has 0 saturated carbocycles. The minimum atomic E-state index is -0.208. The van der Waals surface area contributed by atoms with Crippen LogP contribution in [-0.4, -0.2) is 18.1 Å². The Hall–Kier alpha value is -0.870. The number of hydrogen-bond acceptors (Lipinski definition) is 3. The van der Waals surface area contributed by atoms with Crippen LogP contribution in [0.15, 0.2) is 11.4 Å². The average molecular weight is 218 g/mol. The van der Waals surface area contributed by atoms with Crippen LogP contribution in [-0.2, 0) is 11.3 Å². The number of halogens is 1. The third-order valence-corrected chi connectivity index (χ3v) is 2.55. The van der Waals surface area contributed by atoms with Gasteiger partial charge in [-0.3, -0.25) is 9.59 Å². The van der Waals surface area contributed by atoms with Gasteiger partial charge in [-0.25, -0.2) is 0 Å². The Balaban J connectivity index is 2.45. The number of nitrogens with one attached hydrogen (secondary N) is 1. The number of aldehydes is 1. The van der Waals surface area contributed by atoms with Gasteiger partial charge in [-0.1, -0.05) is 0 Å². The third kappa shape index (κ3) is 3.16. The van der Waals surface area contributed by atoms with E-state index in [0.29, 0.717) is 11.4 Å². The molecule has 1 N–H and O–H groups in total. The van der Waals surface area contributed by atoms with Crippen molar-refractivity contribution < 1.29 is 9.59 Å². The lowest BCUT2D eigenvalue weighted by Gasteiger charge is -1.98. The molecule has 13 heavy (non-hydrogen) atoms. The van der Waals surface area contributed by atoms with Crippen LogP contribution in [0.4, 0.5) is 0 Å². The first kappa shape index (κ1) is 10.2. The van der Waals surface area contributed by atoms with Crippen molar-refractivity contribution >= 4 is 35.1 Å². The summed E-state index contributed by atoms with van der Waals surface area (Å²) in [6, 6.07) is 1.74. The Morgan fingerprint density at radius 1 is 1.69 bits per heavy atom. The van der Waals surface area contributed by atoms with E-state index in [2.05, 4.69) is 5.32 Å². The maximum absolute atomic E-state index is 10.8. The summed E-state index contributed by atoms with van der Waals surface area (Å²) in [6.45, 7) is 0.426. The van der Waals surface area contributed by atoms with Crippen molar-refractivity contribution in [1.29, 1.82) is 0 Å². The summed E-state index contributed by atoms with van der Waals surface area (Å²) in [4.78, 5) is 21.7. The lowest BCUT2D eigenvalue weighted by atomic mass is 10.3. The largest absolute Gasteiger partial charge is 0.351 e. The van der Waals surface area contributed by atoms with Gasteiger partial charge in [0.05, 0.1) is 4.88 Å². The molecule has 5 heteroatoms. The topological polar surface area (TPSA) is 46.2 Å². The molecule has 1 amide bonds. The zero-order valence-electron chi connectivity index (χ0n) is 6.75. The van der Waals surface area contributed by atoms with E-state index in [9.17, 15) is 9.59 Å². The first-order chi connectivity index (χ1) is 6.26. The summed E-state index contributed by atoms with van der Waals surface area (Å²) >= 11 is 6.64. The van der Waals surface area contributed by atoms with Gasteiger partial charge in [-0.05, 0) is 17.0 Å². The highest BCUT2D eigenvalue weighted by molar-refractivity contribution is 7.11. The fourth-order valence-electron chi connectivity index (χ4n) is 0.797. The van der Waals surface area contributed by atoms with Crippen LogP contribution in [0, 0.1) is 0 Å². The van der Waals surface area contributed by atoms with E-state index in [4.69, 9.17) is 11.6 Å². The Morgan fingerprint density at radius 3 is 3.00 bits per heavy atom. The molecule has 0 aromatic carbocycles. The molecular weight excluding hydrogens is 210 g/mol. The first-order valence-corrected chi connectivity index (χ1v) is 5.03. The quantitative estimate of drug-likeness (QED) is 0.613. The average Bonchev–Trinajstić information content (AvgIpc) is 2.61. The lowest BCUT2D eigenvalue weighted by molar-refractivity contribution is -0.118. The van der Waals surface area contributed by atoms with E-state index < -0.39 is 0 Å². The van der Waals surface area contributed by atoms with Crippen LogP contribution in [0.2, 0.25) is 0 Å². The molecule has 1 aromatic rings. The van der Waals surface area contributed by atoms with Crippen LogP contribution in [0.1, 0.15) is 15.2 Å². The van der Waals surface area contributed by atoms with Gasteiger partial charge < -0.3 is 5.32 Å². The number of hydrogen-bond donors (Lipinski definition) is 1. The Kier molecular flexibility index (Phi) is 3.92. The summed E-state index contributed by atoms with van der Waals surface area (Å²) in [5, 5.41) is 4.44. The van der Waals surface area contributed by atoms with Gasteiger partial charge in [0.25, 0.3) is 0 Å². The summed E-state index contributed by atoms with van der Waals surface area (Å²) < 4.78 is 0. The second-order valence-corrected chi connectivity index (χ2v) is 3.60. The van der Waals surface area contributed by atoms with Crippen molar-refractivity contribution in [3.8, 4) is 0 Å². The molecule has 70 valence electrons. The number of alkyl halides is 1. The summed E-state index contributed by atoms with van der Waals surface area (Å²) in [5.41, 5.74) is 0.922. The van der Waals surface area contributed by atoms with Crippen LogP contribution < -0.4 is 5.32 Å². The fraction of sp³-hybridized carbons (Fsp3) is 0.250. The summed E-state index contributed by atoms with van der Waals surface area (Å²) in [6.07, 6.45) is 0.789. The van der Waals surface area contributed by atoms with Crippen molar-refractivity contribution in [2.24, 2.45) is 0 Å². The Morgan fingerprint density at radius 2 is 2.46 bits per heavy atom. The minimum absolute atomic E-state index is 0.0370. The van der Waals surface area contributed by atoms with E-state index in [1.165, 1.54) is 11.3 Å². The SMILES string of the molecule is O=Cc1cc(CNC(=O)CCl)cs1. The maximum atomic E-state index is 10.8. The van der Waals surface area contributed by atoms with Gasteiger partial charge in [0, 0.05) is 6.54 Å². The molecule has 0 fully saturated rings. The molecular formula is C8H8ClNO2S. The van der Waals surface area contributed by atoms with Crippen LogP contribution in [0.5, 0.6) is 0 Å². The summed E-state index contributed by atoms with van der Waals surface area (Å²) in [5.74, 6) is -0.245. The van der Waals surface area contributed by atoms with E-state index in [-0.39, 0.29) is 11.8 Å². The zero-order valence-corrected chi connectivity index (χ0v) is 8.32. The van der Waals surface area contributed by atoms with E-state index >= 15 is 0 Å². The Bertz CT molecular complexity index is 311. The standard InChI is InChI=1S/C8H8ClNO2S/c9-2-8(12)10-3-6-1-7(4-11)13-5-6/h1,4-5H,2-3H2,(H,10,12). The van der Waals surface area contributed by atoms with Gasteiger partial charge in [0.2, 0.25) is 5.91 Å². The summed E-state index contributed by atoms with van der Waals surface area (Å²) in [7, 11) is 0. The smallest absolute Gasteiger partial charge is 0.235 e. The second-order valence-electron chi connectivity index (χ2n) is 2.39. The van der Waals surface area contributed by atoms with E-state index in [0.717, 1.165) is 11.8 Å². The molecule has 0 aliphatic heterocycles. The van der Waals surface area contributed by atoms with E-state index in [1.807, 2.05) is 5.38 Å². The van der Waals surface area contributed by atoms with Crippen LogP contribution in [0.3, 0.4) is 0 Å². The maximum Gasteiger partial charge on any atom is 0.235 e. The molecule has 1 aromatic heterocycles. The fourth-order valence-corrected chi connectivity index (χ4v) is 1.61. The van der Waals surface area contributed by atoms with Gasteiger partial charge >= 0.3 is 0 Å². The highest BCUT2D eigenvalue weighted by Gasteiger charge is 2.00. The van der Waals surface area contributed by atoms with Crippen molar-refractivity contribution in [3.05, 3.63) is 21.9 Å². The number of carbonyl (C=O) groups excluding carboxylic acids is 2. The van der Waals surface area contributed by atoms with Gasteiger partial charge in [-0.2, -0.15) is 0 Å². The number of carbonyl (C=O) groups is 2. The molecule has 0 radical (unpaired) electrons. The highest BCUT2D eigenvalue weighted by atomic mass is 35.5. The second kappa shape index (κ2) is 4.99. The molecule has 0 unspecified atom stereocenters. The van der Waals surface area contributed by atoms with Gasteiger partial charge in [0.1, 0.15) is 5.88 Å². The molecule has 0 atom stereocenters. The molecule has 1 rings (SSSR count). The Labute approximate surface area is 84.7 Å². The molecule has 0 bridgehead atoms. The predicted octanol–water partition coefficient (Wildman–Crippen LogP) is 1.42. The van der Waals surface area contributed by atoms with Crippen LogP contribution >= 0.6 is 22.9 Å². The molecule has 1 heterocycles. The zero-order chi connectivity index (χ0) is 9.68. The molecule has 0 aliphatic carbocycles. The monoisotopic (exact) mass is 217 g/mol. The third-order valence-electron chi connectivity index (χ3n) is 1.40. The molecule has 0 spiro atoms. The lowest BCUT2D eigenvalue weighted by Crippen LogP contribution is -2.23. The molecule has 3 nitrogen and oxygen atoms in total. The van der Waals surface area contributed by atoms with Crippen molar-refractivity contribution in [2.45, 2.75) is 6.54 Å². The first-order valence-electron chi connectivity index (χ1n) is 3.61. The molecule has 0 saturated heterocycles. The van der Waals surface area contributed by atoms with Crippen LogP contribution in [0.25, 0.3) is 0 Å². The van der Waals surface area contributed by atoms with Crippen molar-refractivity contribution in [2.75, 3.05) is 5.88 Å². The normalized spacial score (nSPS) is 9.62.